The van der Waals surface area contributed by atoms with Gasteiger partial charge in [-0.3, -0.25) is 0 Å². The lowest BCUT2D eigenvalue weighted by atomic mass is 9.80. The Bertz CT molecular complexity index is 2160. The van der Waals surface area contributed by atoms with Crippen molar-refractivity contribution in [2.24, 2.45) is 0 Å². The van der Waals surface area contributed by atoms with E-state index >= 15 is 0 Å². The SMILES string of the molecule is CN1CCN(c2cc(-c3ccc(F)cc3)cc(-c3ccc(F)cc3)n2)CC1.CN1CCN(c2cc(-c3ccc(F)cc3)cc(Cl)n2)CC1.OB(O)c1ccc(F)cc1. The molecule has 0 amide bonds. The topological polar surface area (TPSA) is 79.2 Å². The lowest BCUT2D eigenvalue weighted by Crippen LogP contribution is -2.44. The number of halogens is 5. The molecule has 0 spiro atoms. The molecule has 2 saturated heterocycles. The average Bonchev–Trinajstić information content (AvgIpc) is 3.22. The van der Waals surface area contributed by atoms with E-state index in [2.05, 4.69) is 38.7 Å². The molecule has 4 aromatic carbocycles. The molecule has 2 aromatic heterocycles. The molecule has 2 aliphatic rings. The Kier molecular flexibility index (Phi) is 14.5. The molecule has 8 rings (SSSR count). The van der Waals surface area contributed by atoms with Crippen LogP contribution in [0.3, 0.4) is 0 Å². The number of nitrogens with zero attached hydrogens (tertiary/aromatic N) is 6. The van der Waals surface area contributed by atoms with Gasteiger partial charge in [-0.2, -0.15) is 0 Å². The lowest BCUT2D eigenvalue weighted by Gasteiger charge is -2.33. The standard InChI is InChI=1S/C22H21F2N3.C16H17ClFN3.C6H6BFO2/c1-26-10-12-27(13-11-26)22-15-18(16-2-6-19(23)7-3-16)14-21(25-22)17-4-8-20(24)9-5-17;1-20-6-8-21(9-7-20)16-11-13(10-15(17)19-16)12-2-4-14(18)5-3-12;8-6-3-1-5(2-4-6)7(9)10/h2-9,14-15H,10-13H2,1H3;2-5,10-11H,6-9H2,1H3;1-4,9-10H. The van der Waals surface area contributed by atoms with Crippen LogP contribution in [0.4, 0.5) is 29.2 Å². The molecule has 300 valence electrons. The quantitative estimate of drug-likeness (QED) is 0.104. The number of anilines is 2. The van der Waals surface area contributed by atoms with Crippen molar-refractivity contribution in [1.29, 1.82) is 0 Å². The molecule has 0 bridgehead atoms. The normalized spacial score (nSPS) is 14.6. The minimum Gasteiger partial charge on any atom is -0.423 e. The zero-order valence-corrected chi connectivity index (χ0v) is 33.0. The third kappa shape index (κ3) is 11.9. The summed E-state index contributed by atoms with van der Waals surface area (Å²) in [6, 6.07) is 32.1. The van der Waals surface area contributed by atoms with Crippen LogP contribution in [0.25, 0.3) is 33.5 Å². The van der Waals surface area contributed by atoms with E-state index in [1.807, 2.05) is 24.3 Å². The fourth-order valence-electron chi connectivity index (χ4n) is 6.42. The summed E-state index contributed by atoms with van der Waals surface area (Å²) in [7, 11) is 2.72. The summed E-state index contributed by atoms with van der Waals surface area (Å²) in [5.74, 6) is 0.625. The molecule has 2 fully saturated rings. The Hall–Kier alpha value is -5.31. The van der Waals surface area contributed by atoms with Gasteiger partial charge in [-0.1, -0.05) is 48.0 Å². The first kappa shape index (κ1) is 42.3. The first-order valence-corrected chi connectivity index (χ1v) is 19.2. The van der Waals surface area contributed by atoms with Crippen molar-refractivity contribution < 1.29 is 27.6 Å². The van der Waals surface area contributed by atoms with Crippen molar-refractivity contribution in [2.75, 3.05) is 76.3 Å². The van der Waals surface area contributed by atoms with Gasteiger partial charge in [-0.15, -0.1) is 0 Å². The summed E-state index contributed by atoms with van der Waals surface area (Å²) in [6.45, 7) is 7.67. The van der Waals surface area contributed by atoms with Crippen LogP contribution < -0.4 is 15.3 Å². The maximum Gasteiger partial charge on any atom is 0.488 e. The van der Waals surface area contributed by atoms with Gasteiger partial charge in [0, 0.05) is 57.9 Å². The van der Waals surface area contributed by atoms with Gasteiger partial charge in [0.25, 0.3) is 0 Å². The Balaban J connectivity index is 0.000000162. The molecular weight excluding hydrogens is 767 g/mol. The Morgan fingerprint density at radius 1 is 0.466 bits per heavy atom. The van der Waals surface area contributed by atoms with E-state index in [9.17, 15) is 17.6 Å². The minimum absolute atomic E-state index is 0.238. The maximum absolute atomic E-state index is 13.3. The van der Waals surface area contributed by atoms with Crippen LogP contribution in [0.1, 0.15) is 0 Å². The smallest absolute Gasteiger partial charge is 0.423 e. The van der Waals surface area contributed by atoms with Crippen LogP contribution in [-0.2, 0) is 0 Å². The third-order valence-electron chi connectivity index (χ3n) is 9.91. The fourth-order valence-corrected chi connectivity index (χ4v) is 6.62. The highest BCUT2D eigenvalue weighted by Crippen LogP contribution is 2.31. The molecule has 6 aromatic rings. The Morgan fingerprint density at radius 2 is 0.828 bits per heavy atom. The summed E-state index contributed by atoms with van der Waals surface area (Å²) in [6.07, 6.45) is 0. The van der Waals surface area contributed by atoms with Gasteiger partial charge in [-0.05, 0) is 127 Å². The molecule has 58 heavy (non-hydrogen) atoms. The van der Waals surface area contributed by atoms with E-state index in [4.69, 9.17) is 26.6 Å². The van der Waals surface area contributed by atoms with Gasteiger partial charge < -0.3 is 29.6 Å². The number of aromatic nitrogens is 2. The maximum atomic E-state index is 13.3. The van der Waals surface area contributed by atoms with Crippen molar-refractivity contribution in [3.63, 3.8) is 0 Å². The zero-order valence-electron chi connectivity index (χ0n) is 32.2. The summed E-state index contributed by atoms with van der Waals surface area (Å²) < 4.78 is 51.9. The van der Waals surface area contributed by atoms with Crippen molar-refractivity contribution in [1.82, 2.24) is 19.8 Å². The van der Waals surface area contributed by atoms with Crippen LogP contribution in [0.5, 0.6) is 0 Å². The molecular formula is C44H44BClF4N6O2. The predicted molar refractivity (Wildman–Crippen MR) is 225 cm³/mol. The summed E-state index contributed by atoms with van der Waals surface area (Å²) >= 11 is 6.16. The molecule has 2 N–H and O–H groups in total. The van der Waals surface area contributed by atoms with E-state index in [0.29, 0.717) is 10.6 Å². The molecule has 0 unspecified atom stereocenters. The van der Waals surface area contributed by atoms with Crippen molar-refractivity contribution >= 4 is 35.8 Å². The molecule has 0 radical (unpaired) electrons. The van der Waals surface area contributed by atoms with Crippen LogP contribution >= 0.6 is 11.6 Å². The second kappa shape index (κ2) is 19.9. The monoisotopic (exact) mass is 810 g/mol. The van der Waals surface area contributed by atoms with Crippen molar-refractivity contribution in [3.05, 3.63) is 150 Å². The summed E-state index contributed by atoms with van der Waals surface area (Å²) in [4.78, 5) is 18.3. The molecule has 0 saturated carbocycles. The number of rotatable bonds is 6. The number of piperazine rings is 2. The highest BCUT2D eigenvalue weighted by Gasteiger charge is 2.19. The van der Waals surface area contributed by atoms with E-state index in [1.54, 1.807) is 36.4 Å². The second-order valence-corrected chi connectivity index (χ2v) is 14.5. The first-order valence-electron chi connectivity index (χ1n) is 18.9. The number of hydrogen-bond acceptors (Lipinski definition) is 8. The van der Waals surface area contributed by atoms with Crippen molar-refractivity contribution in [3.8, 4) is 33.5 Å². The van der Waals surface area contributed by atoms with Gasteiger partial charge in [0.05, 0.1) is 5.69 Å². The molecule has 4 heterocycles. The Labute approximate surface area is 341 Å². The van der Waals surface area contributed by atoms with Crippen LogP contribution in [0, 0.1) is 23.3 Å². The summed E-state index contributed by atoms with van der Waals surface area (Å²) in [5.41, 5.74) is 5.73. The lowest BCUT2D eigenvalue weighted by molar-refractivity contribution is 0.312. The number of benzene rings is 4. The minimum atomic E-state index is -1.51. The van der Waals surface area contributed by atoms with Crippen LogP contribution in [0.2, 0.25) is 5.15 Å². The van der Waals surface area contributed by atoms with E-state index in [1.165, 1.54) is 60.7 Å². The molecule has 0 atom stereocenters. The zero-order chi connectivity index (χ0) is 41.2. The number of hydrogen-bond donors (Lipinski definition) is 2. The Morgan fingerprint density at radius 3 is 1.24 bits per heavy atom. The number of pyridine rings is 2. The molecule has 2 aliphatic heterocycles. The average molecular weight is 811 g/mol. The first-order chi connectivity index (χ1) is 27.9. The van der Waals surface area contributed by atoms with E-state index in [0.717, 1.165) is 97.5 Å². The largest absolute Gasteiger partial charge is 0.488 e. The van der Waals surface area contributed by atoms with E-state index in [-0.39, 0.29) is 23.3 Å². The fraction of sp³-hybridized carbons (Fsp3) is 0.227. The van der Waals surface area contributed by atoms with Gasteiger partial charge in [0.15, 0.2) is 0 Å². The predicted octanol–water partition coefficient (Wildman–Crippen LogP) is 7.24. The van der Waals surface area contributed by atoms with Crippen LogP contribution in [0.15, 0.2) is 121 Å². The van der Waals surface area contributed by atoms with Gasteiger partial charge in [-0.25, -0.2) is 27.5 Å². The van der Waals surface area contributed by atoms with Crippen molar-refractivity contribution in [2.45, 2.75) is 0 Å². The summed E-state index contributed by atoms with van der Waals surface area (Å²) in [5, 5.41) is 17.6. The van der Waals surface area contributed by atoms with Gasteiger partial charge in [0.2, 0.25) is 0 Å². The highest BCUT2D eigenvalue weighted by molar-refractivity contribution is 6.58. The molecule has 0 aliphatic carbocycles. The number of likely N-dealkylation sites (N-methyl/N-ethyl adjacent to an activating group) is 2. The van der Waals surface area contributed by atoms with Gasteiger partial charge in [0.1, 0.15) is 40.1 Å². The van der Waals surface area contributed by atoms with Gasteiger partial charge >= 0.3 is 7.12 Å². The second-order valence-electron chi connectivity index (χ2n) is 14.2. The molecule has 14 heteroatoms. The highest BCUT2D eigenvalue weighted by atomic mass is 35.5. The molecule has 8 nitrogen and oxygen atoms in total. The van der Waals surface area contributed by atoms with Crippen LogP contribution in [-0.4, -0.2) is 103 Å². The van der Waals surface area contributed by atoms with E-state index < -0.39 is 7.12 Å². The third-order valence-corrected chi connectivity index (χ3v) is 10.1.